The van der Waals surface area contributed by atoms with Gasteiger partial charge < -0.3 is 19.5 Å². The number of benzene rings is 2. The van der Waals surface area contributed by atoms with E-state index in [1.54, 1.807) is 7.11 Å². The highest BCUT2D eigenvalue weighted by atomic mass is 16.5. The summed E-state index contributed by atoms with van der Waals surface area (Å²) in [7, 11) is 5.81. The van der Waals surface area contributed by atoms with Crippen LogP contribution < -0.4 is 9.30 Å². The summed E-state index contributed by atoms with van der Waals surface area (Å²) in [6.45, 7) is 1.80. The lowest BCUT2D eigenvalue weighted by atomic mass is 9.98. The molecule has 0 spiro atoms. The SMILES string of the molecule is [CH2-][n+]1c(-c2cccc(OC)c2)cc2cc(CO)c(CO)cc2c1C. The number of aromatic nitrogens is 1. The van der Waals surface area contributed by atoms with Gasteiger partial charge in [-0.15, -0.1) is 0 Å². The molecule has 0 aliphatic carbocycles. The van der Waals surface area contributed by atoms with Gasteiger partial charge in [0.2, 0.25) is 0 Å². The molecule has 2 aromatic carbocycles. The number of rotatable bonds is 4. The van der Waals surface area contributed by atoms with Gasteiger partial charge in [-0.25, -0.2) is 0 Å². The van der Waals surface area contributed by atoms with E-state index in [4.69, 9.17) is 4.74 Å². The standard InChI is InChI=1S/C20H21NO3/c1-13-19-9-17(12-23)16(11-22)7-15(19)10-20(21(13)2)14-5-4-6-18(8-14)24-3/h4-10,22-23H,2,11-12H2,1,3H3. The van der Waals surface area contributed by atoms with Crippen LogP contribution in [-0.4, -0.2) is 17.3 Å². The van der Waals surface area contributed by atoms with Crippen molar-refractivity contribution in [3.63, 3.8) is 0 Å². The van der Waals surface area contributed by atoms with Gasteiger partial charge in [0, 0.05) is 7.05 Å². The summed E-state index contributed by atoms with van der Waals surface area (Å²) in [6, 6.07) is 13.7. The van der Waals surface area contributed by atoms with Crippen LogP contribution >= 0.6 is 0 Å². The van der Waals surface area contributed by atoms with Gasteiger partial charge in [-0.05, 0) is 52.6 Å². The van der Waals surface area contributed by atoms with Gasteiger partial charge in [-0.1, -0.05) is 24.3 Å². The zero-order valence-corrected chi connectivity index (χ0v) is 13.9. The molecular weight excluding hydrogens is 302 g/mol. The second-order valence-corrected chi connectivity index (χ2v) is 5.80. The fourth-order valence-corrected chi connectivity index (χ4v) is 3.01. The third-order valence-electron chi connectivity index (χ3n) is 4.46. The number of methoxy groups -OCH3 is 1. The third-order valence-corrected chi connectivity index (χ3v) is 4.46. The number of nitrogens with zero attached hydrogens (tertiary/aromatic N) is 1. The number of fused-ring (bicyclic) bond motifs is 1. The number of aliphatic hydroxyl groups excluding tert-OH is 2. The van der Waals surface area contributed by atoms with Crippen LogP contribution in [0.5, 0.6) is 5.75 Å². The fraction of sp³-hybridized carbons (Fsp3) is 0.200. The molecule has 0 amide bonds. The van der Waals surface area contributed by atoms with E-state index in [2.05, 4.69) is 7.05 Å². The van der Waals surface area contributed by atoms with Crippen LogP contribution in [0.3, 0.4) is 0 Å². The predicted molar refractivity (Wildman–Crippen MR) is 93.5 cm³/mol. The molecule has 24 heavy (non-hydrogen) atoms. The number of hydrogen-bond donors (Lipinski definition) is 2. The minimum atomic E-state index is -0.0986. The summed E-state index contributed by atoms with van der Waals surface area (Å²) in [5.41, 5.74) is 4.43. The number of hydrogen-bond acceptors (Lipinski definition) is 3. The van der Waals surface area contributed by atoms with Gasteiger partial charge in [0.25, 0.3) is 0 Å². The zero-order chi connectivity index (χ0) is 17.3. The molecule has 3 aromatic rings. The first-order valence-electron chi connectivity index (χ1n) is 7.77. The zero-order valence-electron chi connectivity index (χ0n) is 13.9. The Hall–Kier alpha value is -2.56. The Bertz CT molecular complexity index is 903. The van der Waals surface area contributed by atoms with Crippen LogP contribution in [0.4, 0.5) is 0 Å². The average Bonchev–Trinajstić information content (AvgIpc) is 2.63. The van der Waals surface area contributed by atoms with E-state index in [1.807, 2.05) is 54.0 Å². The monoisotopic (exact) mass is 323 g/mol. The Morgan fingerprint density at radius 2 is 1.75 bits per heavy atom. The van der Waals surface area contributed by atoms with Crippen LogP contribution in [0.1, 0.15) is 16.8 Å². The van der Waals surface area contributed by atoms with E-state index in [0.29, 0.717) is 0 Å². The van der Waals surface area contributed by atoms with E-state index < -0.39 is 0 Å². The fourth-order valence-electron chi connectivity index (χ4n) is 3.01. The van der Waals surface area contributed by atoms with Crippen molar-refractivity contribution in [1.29, 1.82) is 0 Å². The van der Waals surface area contributed by atoms with Crippen LogP contribution in [0.25, 0.3) is 22.0 Å². The number of ether oxygens (including phenoxy) is 1. The highest BCUT2D eigenvalue weighted by Crippen LogP contribution is 2.28. The van der Waals surface area contributed by atoms with Crippen molar-refractivity contribution in [2.24, 2.45) is 0 Å². The summed E-state index contributed by atoms with van der Waals surface area (Å²) < 4.78 is 7.20. The Labute approximate surface area is 141 Å². The molecule has 2 N–H and O–H groups in total. The normalized spacial score (nSPS) is 11.0. The summed E-state index contributed by atoms with van der Waals surface area (Å²) in [6.07, 6.45) is 0. The molecular formula is C20H21NO3. The van der Waals surface area contributed by atoms with Gasteiger partial charge in [0.05, 0.1) is 26.0 Å². The molecule has 0 saturated heterocycles. The molecule has 0 fully saturated rings. The van der Waals surface area contributed by atoms with E-state index in [-0.39, 0.29) is 13.2 Å². The highest BCUT2D eigenvalue weighted by Gasteiger charge is 2.12. The minimum absolute atomic E-state index is 0.0972. The van der Waals surface area contributed by atoms with Crippen molar-refractivity contribution >= 4 is 10.8 Å². The third kappa shape index (κ3) is 2.70. The summed E-state index contributed by atoms with van der Waals surface area (Å²) in [5.74, 6) is 0.789. The smallest absolute Gasteiger partial charge is 0.118 e. The van der Waals surface area contributed by atoms with Gasteiger partial charge in [-0.2, -0.15) is 0 Å². The summed E-state index contributed by atoms with van der Waals surface area (Å²) in [5, 5.41) is 21.1. The maximum Gasteiger partial charge on any atom is 0.118 e. The molecule has 0 aliphatic rings. The molecule has 0 radical (unpaired) electrons. The maximum absolute atomic E-state index is 9.54. The highest BCUT2D eigenvalue weighted by molar-refractivity contribution is 5.87. The van der Waals surface area contributed by atoms with E-state index in [9.17, 15) is 10.2 Å². The lowest BCUT2D eigenvalue weighted by molar-refractivity contribution is -0.606. The topological polar surface area (TPSA) is 53.6 Å². The Balaban J connectivity index is 2.28. The summed E-state index contributed by atoms with van der Waals surface area (Å²) in [4.78, 5) is 0. The first-order chi connectivity index (χ1) is 11.6. The lowest BCUT2D eigenvalue weighted by Crippen LogP contribution is -2.32. The molecule has 4 nitrogen and oxygen atoms in total. The van der Waals surface area contributed by atoms with Crippen molar-refractivity contribution in [3.8, 4) is 17.0 Å². The van der Waals surface area contributed by atoms with E-state index in [1.165, 1.54) is 0 Å². The van der Waals surface area contributed by atoms with Crippen LogP contribution in [0.2, 0.25) is 0 Å². The molecule has 0 saturated carbocycles. The molecule has 0 atom stereocenters. The second kappa shape index (κ2) is 6.51. The van der Waals surface area contributed by atoms with Crippen molar-refractivity contribution < 1.29 is 19.5 Å². The Kier molecular flexibility index (Phi) is 4.42. The average molecular weight is 323 g/mol. The lowest BCUT2D eigenvalue weighted by Gasteiger charge is -2.16. The molecule has 4 heteroatoms. The minimum Gasteiger partial charge on any atom is -0.497 e. The van der Waals surface area contributed by atoms with E-state index in [0.717, 1.165) is 44.6 Å². The molecule has 0 bridgehead atoms. The van der Waals surface area contributed by atoms with Gasteiger partial charge in [-0.3, -0.25) is 0 Å². The van der Waals surface area contributed by atoms with Gasteiger partial charge in [0.1, 0.15) is 11.4 Å². The van der Waals surface area contributed by atoms with Crippen molar-refractivity contribution in [1.82, 2.24) is 0 Å². The molecule has 1 heterocycles. The largest absolute Gasteiger partial charge is 0.497 e. The first kappa shape index (κ1) is 16.3. The van der Waals surface area contributed by atoms with Gasteiger partial charge in [0.15, 0.2) is 0 Å². The summed E-state index contributed by atoms with van der Waals surface area (Å²) >= 11 is 0. The first-order valence-corrected chi connectivity index (χ1v) is 7.77. The van der Waals surface area contributed by atoms with Crippen LogP contribution in [0, 0.1) is 14.0 Å². The Morgan fingerprint density at radius 1 is 1.04 bits per heavy atom. The maximum atomic E-state index is 9.54. The number of aryl methyl sites for hydroxylation is 1. The Morgan fingerprint density at radius 3 is 2.42 bits per heavy atom. The van der Waals surface area contributed by atoms with Crippen molar-refractivity contribution in [3.05, 3.63) is 66.3 Å². The molecule has 1 aromatic heterocycles. The second-order valence-electron chi connectivity index (χ2n) is 5.80. The van der Waals surface area contributed by atoms with Crippen molar-refractivity contribution in [2.45, 2.75) is 20.1 Å². The number of pyridine rings is 1. The molecule has 124 valence electrons. The molecule has 0 aliphatic heterocycles. The van der Waals surface area contributed by atoms with E-state index >= 15 is 0 Å². The van der Waals surface area contributed by atoms with Crippen LogP contribution in [0.15, 0.2) is 42.5 Å². The molecule has 3 rings (SSSR count). The van der Waals surface area contributed by atoms with Gasteiger partial charge >= 0.3 is 0 Å². The van der Waals surface area contributed by atoms with Crippen molar-refractivity contribution in [2.75, 3.05) is 7.11 Å². The quantitative estimate of drug-likeness (QED) is 0.573. The molecule has 0 unspecified atom stereocenters. The van der Waals surface area contributed by atoms with Crippen LogP contribution in [-0.2, 0) is 13.2 Å². The number of aliphatic hydroxyl groups is 2. The predicted octanol–water partition coefficient (Wildman–Crippen LogP) is 2.74.